The van der Waals surface area contributed by atoms with Crippen LogP contribution in [0.25, 0.3) is 0 Å². The van der Waals surface area contributed by atoms with Gasteiger partial charge in [-0.2, -0.15) is 24.9 Å². The monoisotopic (exact) mass is 291 g/mol. The molecule has 0 amide bonds. The molecule has 0 radical (unpaired) electrons. The summed E-state index contributed by atoms with van der Waals surface area (Å²) in [6.07, 6.45) is -1.91. The first-order chi connectivity index (χ1) is 8.64. The van der Waals surface area contributed by atoms with Crippen molar-refractivity contribution in [2.24, 2.45) is 5.41 Å². The van der Waals surface area contributed by atoms with Crippen LogP contribution in [-0.2, 0) is 11.8 Å². The number of pyridine rings is 1. The molecule has 1 aliphatic heterocycles. The quantitative estimate of drug-likeness (QED) is 0.860. The van der Waals surface area contributed by atoms with Gasteiger partial charge in [0.1, 0.15) is 5.60 Å². The number of alkyl halides is 3. The van der Waals surface area contributed by atoms with Crippen molar-refractivity contribution in [3.8, 4) is 0 Å². The largest absolute Gasteiger partial charge is 0.416 e. The van der Waals surface area contributed by atoms with Crippen LogP contribution in [0.3, 0.4) is 0 Å². The van der Waals surface area contributed by atoms with Crippen molar-refractivity contribution in [3.05, 3.63) is 29.6 Å². The maximum absolute atomic E-state index is 13.0. The van der Waals surface area contributed by atoms with Gasteiger partial charge in [0.15, 0.2) is 0 Å². The van der Waals surface area contributed by atoms with Crippen molar-refractivity contribution in [2.45, 2.75) is 32.0 Å². The second-order valence-electron chi connectivity index (χ2n) is 5.78. The van der Waals surface area contributed by atoms with Gasteiger partial charge < -0.3 is 5.11 Å². The van der Waals surface area contributed by atoms with Crippen molar-refractivity contribution < 1.29 is 18.3 Å². The molecule has 106 valence electrons. The van der Waals surface area contributed by atoms with Gasteiger partial charge in [0.25, 0.3) is 0 Å². The number of hydrogen-bond donors (Lipinski definition) is 1. The lowest BCUT2D eigenvalue weighted by Crippen LogP contribution is -2.41. The first-order valence-corrected chi connectivity index (χ1v) is 7.11. The van der Waals surface area contributed by atoms with Gasteiger partial charge in [-0.05, 0) is 23.7 Å². The van der Waals surface area contributed by atoms with Crippen molar-refractivity contribution in [3.63, 3.8) is 0 Å². The van der Waals surface area contributed by atoms with E-state index >= 15 is 0 Å². The van der Waals surface area contributed by atoms with E-state index in [1.807, 2.05) is 13.8 Å². The van der Waals surface area contributed by atoms with E-state index < -0.39 is 17.3 Å². The Bertz CT molecular complexity index is 475. The first-order valence-electron chi connectivity index (χ1n) is 5.96. The summed E-state index contributed by atoms with van der Waals surface area (Å²) in [5, 5.41) is 10.7. The predicted molar refractivity (Wildman–Crippen MR) is 68.9 cm³/mol. The Kier molecular flexibility index (Phi) is 3.60. The summed E-state index contributed by atoms with van der Waals surface area (Å²) in [6, 6.07) is 0.930. The Morgan fingerprint density at radius 3 is 2.58 bits per heavy atom. The molecule has 0 bridgehead atoms. The zero-order valence-electron chi connectivity index (χ0n) is 10.8. The Morgan fingerprint density at radius 1 is 1.32 bits per heavy atom. The smallest absolute Gasteiger partial charge is 0.384 e. The fourth-order valence-electron chi connectivity index (χ4n) is 2.58. The van der Waals surface area contributed by atoms with Gasteiger partial charge in [-0.15, -0.1) is 0 Å². The Hall–Kier alpha value is -0.750. The first kappa shape index (κ1) is 14.7. The number of nitrogens with zero attached hydrogens (tertiary/aromatic N) is 1. The summed E-state index contributed by atoms with van der Waals surface area (Å²) in [5.41, 5.74) is -2.56. The Labute approximate surface area is 114 Å². The summed E-state index contributed by atoms with van der Waals surface area (Å²) < 4.78 is 39.1. The molecule has 0 spiro atoms. The molecule has 0 aromatic carbocycles. The minimum atomic E-state index is -4.47. The Balaban J connectivity index is 2.46. The fraction of sp³-hybridized carbons (Fsp3) is 0.615. The Morgan fingerprint density at radius 2 is 2.00 bits per heavy atom. The van der Waals surface area contributed by atoms with Crippen molar-refractivity contribution in [1.29, 1.82) is 0 Å². The van der Waals surface area contributed by atoms with E-state index in [1.54, 1.807) is 0 Å². The van der Waals surface area contributed by atoms with Crippen molar-refractivity contribution in [2.75, 3.05) is 11.5 Å². The molecular formula is C13H16F3NOS. The van der Waals surface area contributed by atoms with Gasteiger partial charge in [0.05, 0.1) is 5.56 Å². The molecule has 0 saturated carbocycles. The molecule has 19 heavy (non-hydrogen) atoms. The summed E-state index contributed by atoms with van der Waals surface area (Å²) in [5.74, 6) is 1.10. The molecule has 1 aromatic rings. The van der Waals surface area contributed by atoms with Gasteiger partial charge in [-0.1, -0.05) is 13.8 Å². The number of aliphatic hydroxyl groups is 1. The summed E-state index contributed by atoms with van der Waals surface area (Å²) >= 11 is 1.48. The molecule has 2 rings (SSSR count). The molecule has 1 N–H and O–H groups in total. The summed E-state index contributed by atoms with van der Waals surface area (Å²) in [4.78, 5) is 3.76. The van der Waals surface area contributed by atoms with Crippen LogP contribution in [0.4, 0.5) is 13.2 Å². The SMILES string of the molecule is CC1(C)CSCC(O)(c2cnccc2C(F)(F)F)C1. The van der Waals surface area contributed by atoms with E-state index in [1.165, 1.54) is 11.8 Å². The molecule has 1 aliphatic rings. The maximum atomic E-state index is 13.0. The highest BCUT2D eigenvalue weighted by Gasteiger charge is 2.45. The van der Waals surface area contributed by atoms with Gasteiger partial charge in [-0.3, -0.25) is 4.98 Å². The second-order valence-corrected chi connectivity index (χ2v) is 6.77. The molecular weight excluding hydrogens is 275 g/mol. The lowest BCUT2D eigenvalue weighted by Gasteiger charge is -2.42. The third kappa shape index (κ3) is 3.05. The lowest BCUT2D eigenvalue weighted by atomic mass is 9.77. The standard InChI is InChI=1S/C13H16F3NOS/c1-11(2)6-12(18,8-19-7-11)10-5-17-4-3-9(10)13(14,15)16/h3-5,18H,6-8H2,1-2H3. The van der Waals surface area contributed by atoms with Crippen LogP contribution in [0.15, 0.2) is 18.5 Å². The van der Waals surface area contributed by atoms with E-state index in [2.05, 4.69) is 4.98 Å². The fourth-order valence-corrected chi connectivity index (χ4v) is 3.93. The van der Waals surface area contributed by atoms with Crippen molar-refractivity contribution in [1.82, 2.24) is 4.98 Å². The lowest BCUT2D eigenvalue weighted by molar-refractivity contribution is -0.141. The van der Waals surface area contributed by atoms with Gasteiger partial charge in [0.2, 0.25) is 0 Å². The third-order valence-corrected chi connectivity index (χ3v) is 4.90. The van der Waals surface area contributed by atoms with E-state index in [-0.39, 0.29) is 16.7 Å². The molecule has 1 atom stereocenters. The highest BCUT2D eigenvalue weighted by atomic mass is 32.2. The van der Waals surface area contributed by atoms with Crippen LogP contribution in [0.5, 0.6) is 0 Å². The molecule has 2 heterocycles. The molecule has 1 aromatic heterocycles. The zero-order valence-corrected chi connectivity index (χ0v) is 11.6. The minimum absolute atomic E-state index is 0.109. The van der Waals surface area contributed by atoms with Crippen LogP contribution in [0, 0.1) is 5.41 Å². The van der Waals surface area contributed by atoms with Crippen LogP contribution < -0.4 is 0 Å². The zero-order chi connectivity index (χ0) is 14.3. The number of rotatable bonds is 1. The summed E-state index contributed by atoms with van der Waals surface area (Å²) in [7, 11) is 0. The number of hydrogen-bond acceptors (Lipinski definition) is 3. The van der Waals surface area contributed by atoms with Crippen LogP contribution in [0.1, 0.15) is 31.4 Å². The summed E-state index contributed by atoms with van der Waals surface area (Å²) in [6.45, 7) is 3.90. The number of thioether (sulfide) groups is 1. The number of halogens is 3. The predicted octanol–water partition coefficient (Wildman–Crippen LogP) is 3.45. The van der Waals surface area contributed by atoms with Gasteiger partial charge in [-0.25, -0.2) is 0 Å². The maximum Gasteiger partial charge on any atom is 0.416 e. The normalized spacial score (nSPS) is 27.3. The molecule has 1 fully saturated rings. The van der Waals surface area contributed by atoms with Crippen LogP contribution in [0.2, 0.25) is 0 Å². The molecule has 1 unspecified atom stereocenters. The second kappa shape index (κ2) is 4.66. The van der Waals surface area contributed by atoms with E-state index in [9.17, 15) is 18.3 Å². The highest BCUT2D eigenvalue weighted by molar-refractivity contribution is 7.99. The number of aromatic nitrogens is 1. The van der Waals surface area contributed by atoms with E-state index in [0.717, 1.165) is 24.2 Å². The van der Waals surface area contributed by atoms with Crippen molar-refractivity contribution >= 4 is 11.8 Å². The van der Waals surface area contributed by atoms with Crippen LogP contribution >= 0.6 is 11.8 Å². The van der Waals surface area contributed by atoms with E-state index in [0.29, 0.717) is 6.42 Å². The molecule has 6 heteroatoms. The topological polar surface area (TPSA) is 33.1 Å². The molecule has 0 aliphatic carbocycles. The van der Waals surface area contributed by atoms with Crippen LogP contribution in [-0.4, -0.2) is 21.6 Å². The van der Waals surface area contributed by atoms with Gasteiger partial charge >= 0.3 is 6.18 Å². The average Bonchev–Trinajstić information content (AvgIpc) is 2.26. The molecule has 2 nitrogen and oxygen atoms in total. The average molecular weight is 291 g/mol. The third-order valence-electron chi connectivity index (χ3n) is 3.23. The van der Waals surface area contributed by atoms with Gasteiger partial charge in [0, 0.05) is 23.7 Å². The highest BCUT2D eigenvalue weighted by Crippen LogP contribution is 2.47. The minimum Gasteiger partial charge on any atom is -0.384 e. The van der Waals surface area contributed by atoms with E-state index in [4.69, 9.17) is 0 Å². The molecule has 1 saturated heterocycles.